The zero-order valence-corrected chi connectivity index (χ0v) is 13.2. The Morgan fingerprint density at radius 3 is 2.43 bits per heavy atom. The summed E-state index contributed by atoms with van der Waals surface area (Å²) < 4.78 is 26.3. The highest BCUT2D eigenvalue weighted by Crippen LogP contribution is 2.28. The molecule has 7 heteroatoms. The molecule has 0 saturated carbocycles. The number of carboxylic acid groups (broad SMARTS) is 1. The highest BCUT2D eigenvalue weighted by Gasteiger charge is 2.26. The number of nitrogens with zero attached hydrogens (tertiary/aromatic N) is 1. The molecule has 0 unspecified atom stereocenters. The van der Waals surface area contributed by atoms with Gasteiger partial charge in [0, 0.05) is 18.5 Å². The predicted molar refractivity (Wildman–Crippen MR) is 81.1 cm³/mol. The fraction of sp³-hybridized carbons (Fsp3) is 0.214. The second-order valence-corrected chi connectivity index (χ2v) is 7.85. The van der Waals surface area contributed by atoms with Gasteiger partial charge in [-0.1, -0.05) is 30.3 Å². The highest BCUT2D eigenvalue weighted by molar-refractivity contribution is 7.89. The van der Waals surface area contributed by atoms with Crippen molar-refractivity contribution >= 4 is 27.3 Å². The number of carbonyl (C=O) groups is 1. The Balaban J connectivity index is 2.31. The van der Waals surface area contributed by atoms with E-state index >= 15 is 0 Å². The molecule has 0 aliphatic rings. The third kappa shape index (κ3) is 3.31. The largest absolute Gasteiger partial charge is 0.477 e. The Morgan fingerprint density at radius 2 is 1.90 bits per heavy atom. The summed E-state index contributed by atoms with van der Waals surface area (Å²) in [6.45, 7) is 1.85. The van der Waals surface area contributed by atoms with Crippen LogP contribution < -0.4 is 0 Å². The van der Waals surface area contributed by atoms with Crippen LogP contribution in [0.3, 0.4) is 0 Å². The number of aryl methyl sites for hydroxylation is 1. The zero-order chi connectivity index (χ0) is 15.6. The Hall–Kier alpha value is -1.70. The van der Waals surface area contributed by atoms with Gasteiger partial charge >= 0.3 is 5.97 Å². The summed E-state index contributed by atoms with van der Waals surface area (Å²) in [6, 6.07) is 10.5. The molecule has 0 amide bonds. The maximum Gasteiger partial charge on any atom is 0.345 e. The predicted octanol–water partition coefficient (Wildman–Crippen LogP) is 2.58. The number of carboxylic acids is 1. The van der Waals surface area contributed by atoms with Gasteiger partial charge in [-0.25, -0.2) is 13.2 Å². The molecule has 0 radical (unpaired) electrons. The number of sulfonamides is 1. The van der Waals surface area contributed by atoms with Crippen molar-refractivity contribution in [2.45, 2.75) is 18.4 Å². The van der Waals surface area contributed by atoms with Gasteiger partial charge in [-0.15, -0.1) is 11.3 Å². The molecule has 0 bridgehead atoms. The lowest BCUT2D eigenvalue weighted by molar-refractivity contribution is 0.0702. The van der Waals surface area contributed by atoms with Crippen LogP contribution in [0.25, 0.3) is 0 Å². The van der Waals surface area contributed by atoms with E-state index in [1.165, 1.54) is 17.4 Å². The second-order valence-electron chi connectivity index (χ2n) is 4.58. The number of hydrogen-bond donors (Lipinski definition) is 1. The van der Waals surface area contributed by atoms with Crippen LogP contribution in [-0.2, 0) is 16.6 Å². The number of benzene rings is 1. The van der Waals surface area contributed by atoms with Crippen molar-refractivity contribution in [2.24, 2.45) is 0 Å². The van der Waals surface area contributed by atoms with Crippen LogP contribution in [0.1, 0.15) is 20.1 Å². The monoisotopic (exact) mass is 325 g/mol. The lowest BCUT2D eigenvalue weighted by Crippen LogP contribution is -2.26. The van der Waals surface area contributed by atoms with Crippen molar-refractivity contribution in [3.63, 3.8) is 0 Å². The summed E-state index contributed by atoms with van der Waals surface area (Å²) in [7, 11) is -2.21. The van der Waals surface area contributed by atoms with Gasteiger partial charge in [0.15, 0.2) is 0 Å². The second kappa shape index (κ2) is 5.97. The standard InChI is InChI=1S/C14H15NO4S2/c1-10-13(8-12(20-10)14(16)17)21(18,19)15(2)9-11-6-4-3-5-7-11/h3-8H,9H2,1-2H3,(H,16,17). The third-order valence-electron chi connectivity index (χ3n) is 3.02. The van der Waals surface area contributed by atoms with E-state index < -0.39 is 16.0 Å². The molecule has 0 fully saturated rings. The molecule has 1 aromatic carbocycles. The summed E-state index contributed by atoms with van der Waals surface area (Å²) in [4.78, 5) is 11.5. The molecule has 0 saturated heterocycles. The van der Waals surface area contributed by atoms with Crippen LogP contribution in [-0.4, -0.2) is 30.8 Å². The van der Waals surface area contributed by atoms with E-state index in [1.807, 2.05) is 30.3 Å². The van der Waals surface area contributed by atoms with Crippen LogP contribution >= 0.6 is 11.3 Å². The minimum Gasteiger partial charge on any atom is -0.477 e. The van der Waals surface area contributed by atoms with Gasteiger partial charge in [-0.05, 0) is 18.6 Å². The summed E-state index contributed by atoms with van der Waals surface area (Å²) in [6.07, 6.45) is 0. The van der Waals surface area contributed by atoms with Gasteiger partial charge in [0.2, 0.25) is 10.0 Å². The molecule has 2 aromatic rings. The van der Waals surface area contributed by atoms with E-state index in [1.54, 1.807) is 6.92 Å². The minimum atomic E-state index is -3.70. The Labute approximate surface area is 127 Å². The summed E-state index contributed by atoms with van der Waals surface area (Å²) in [5.41, 5.74) is 0.870. The van der Waals surface area contributed by atoms with Crippen LogP contribution in [0, 0.1) is 6.92 Å². The molecule has 1 N–H and O–H groups in total. The smallest absolute Gasteiger partial charge is 0.345 e. The van der Waals surface area contributed by atoms with E-state index in [4.69, 9.17) is 5.11 Å². The molecule has 0 spiro atoms. The van der Waals surface area contributed by atoms with Crippen molar-refractivity contribution in [2.75, 3.05) is 7.05 Å². The van der Waals surface area contributed by atoms with Gasteiger partial charge in [0.05, 0.1) is 4.90 Å². The topological polar surface area (TPSA) is 74.7 Å². The van der Waals surface area contributed by atoms with E-state index in [9.17, 15) is 13.2 Å². The first-order chi connectivity index (χ1) is 9.82. The normalized spacial score (nSPS) is 11.8. The lowest BCUT2D eigenvalue weighted by atomic mass is 10.2. The highest BCUT2D eigenvalue weighted by atomic mass is 32.2. The van der Waals surface area contributed by atoms with E-state index in [2.05, 4.69) is 0 Å². The molecule has 5 nitrogen and oxygen atoms in total. The lowest BCUT2D eigenvalue weighted by Gasteiger charge is -2.17. The molecular formula is C14H15NO4S2. The first kappa shape index (κ1) is 15.7. The van der Waals surface area contributed by atoms with Crippen molar-refractivity contribution in [3.8, 4) is 0 Å². The maximum absolute atomic E-state index is 12.5. The Morgan fingerprint density at radius 1 is 1.29 bits per heavy atom. The Bertz CT molecular complexity index is 751. The van der Waals surface area contributed by atoms with Gasteiger partial charge in [-0.2, -0.15) is 4.31 Å². The van der Waals surface area contributed by atoms with Crippen molar-refractivity contribution < 1.29 is 18.3 Å². The van der Waals surface area contributed by atoms with Crippen LogP contribution in [0.5, 0.6) is 0 Å². The fourth-order valence-electron chi connectivity index (χ4n) is 1.92. The van der Waals surface area contributed by atoms with Crippen LogP contribution in [0.2, 0.25) is 0 Å². The quantitative estimate of drug-likeness (QED) is 0.917. The number of aromatic carboxylic acids is 1. The van der Waals surface area contributed by atoms with Crippen LogP contribution in [0.4, 0.5) is 0 Å². The number of thiophene rings is 1. The molecule has 1 heterocycles. The zero-order valence-electron chi connectivity index (χ0n) is 11.6. The third-order valence-corrected chi connectivity index (χ3v) is 6.12. The average molecular weight is 325 g/mol. The average Bonchev–Trinajstić information content (AvgIpc) is 2.83. The summed E-state index contributed by atoms with van der Waals surface area (Å²) in [5.74, 6) is -1.12. The SMILES string of the molecule is Cc1sc(C(=O)O)cc1S(=O)(=O)N(C)Cc1ccccc1. The molecular weight excluding hydrogens is 310 g/mol. The molecule has 0 aliphatic heterocycles. The fourth-order valence-corrected chi connectivity index (χ4v) is 4.47. The Kier molecular flexibility index (Phi) is 4.46. The van der Waals surface area contributed by atoms with Gasteiger partial charge in [0.1, 0.15) is 4.88 Å². The summed E-state index contributed by atoms with van der Waals surface area (Å²) in [5, 5.41) is 8.96. The van der Waals surface area contributed by atoms with Crippen molar-refractivity contribution in [3.05, 3.63) is 51.7 Å². The van der Waals surface area contributed by atoms with Gasteiger partial charge in [0.25, 0.3) is 0 Å². The first-order valence-corrected chi connectivity index (χ1v) is 8.42. The van der Waals surface area contributed by atoms with E-state index in [0.29, 0.717) is 4.88 Å². The molecule has 21 heavy (non-hydrogen) atoms. The minimum absolute atomic E-state index is 0.0270. The van der Waals surface area contributed by atoms with E-state index in [-0.39, 0.29) is 16.3 Å². The van der Waals surface area contributed by atoms with Crippen LogP contribution in [0.15, 0.2) is 41.3 Å². The van der Waals surface area contributed by atoms with E-state index in [0.717, 1.165) is 16.9 Å². The summed E-state index contributed by atoms with van der Waals surface area (Å²) >= 11 is 0.968. The maximum atomic E-state index is 12.5. The molecule has 0 atom stereocenters. The molecule has 2 rings (SSSR count). The molecule has 112 valence electrons. The number of rotatable bonds is 5. The van der Waals surface area contributed by atoms with Crippen molar-refractivity contribution in [1.29, 1.82) is 0 Å². The first-order valence-electron chi connectivity index (χ1n) is 6.16. The van der Waals surface area contributed by atoms with Gasteiger partial charge < -0.3 is 5.11 Å². The van der Waals surface area contributed by atoms with Gasteiger partial charge in [-0.3, -0.25) is 0 Å². The molecule has 0 aliphatic carbocycles. The van der Waals surface area contributed by atoms with Crippen molar-refractivity contribution in [1.82, 2.24) is 4.31 Å². The molecule has 1 aromatic heterocycles. The number of hydrogen-bond acceptors (Lipinski definition) is 4.